The van der Waals surface area contributed by atoms with Gasteiger partial charge in [-0.25, -0.2) is 0 Å². The van der Waals surface area contributed by atoms with Crippen molar-refractivity contribution in [1.29, 1.82) is 0 Å². The molecule has 0 fully saturated rings. The molecule has 0 heterocycles. The molecule has 3 nitrogen and oxygen atoms in total. The molecule has 3 heteroatoms. The van der Waals surface area contributed by atoms with E-state index in [2.05, 4.69) is 54.3 Å². The monoisotopic (exact) mass is 344 g/mol. The van der Waals surface area contributed by atoms with Gasteiger partial charge < -0.3 is 10.5 Å². The van der Waals surface area contributed by atoms with Crippen molar-refractivity contribution in [2.45, 2.75) is 13.5 Å². The van der Waals surface area contributed by atoms with E-state index < -0.39 is 0 Å². The van der Waals surface area contributed by atoms with Crippen molar-refractivity contribution in [2.24, 2.45) is 0 Å². The van der Waals surface area contributed by atoms with Crippen LogP contribution in [0.4, 0.5) is 0 Å². The molecule has 0 aliphatic carbocycles. The van der Waals surface area contributed by atoms with Crippen molar-refractivity contribution < 1.29 is 15.3 Å². The summed E-state index contributed by atoms with van der Waals surface area (Å²) in [5.41, 5.74) is 9.88. The van der Waals surface area contributed by atoms with Crippen LogP contribution in [0.25, 0.3) is 23.3 Å². The van der Waals surface area contributed by atoms with E-state index in [9.17, 15) is 4.79 Å². The quantitative estimate of drug-likeness (QED) is 0.429. The lowest BCUT2D eigenvalue weighted by Crippen LogP contribution is -2.47. The van der Waals surface area contributed by atoms with Crippen molar-refractivity contribution >= 4 is 18.1 Å². The molecular formula is C23H22NO2+. The zero-order valence-corrected chi connectivity index (χ0v) is 14.8. The smallest absolute Gasteiger partial charge is 0.308 e. The standard InChI is InChI=1S/C23H21NO2/c1-17(25)26-21-14-11-18(12-15-21)10-13-19-6-2-4-8-22(19)23-9-5-3-7-20(23)16-24/h2-15H,16,24H2,1H3/p+1/b13-10+. The number of quaternary nitrogens is 1. The highest BCUT2D eigenvalue weighted by Gasteiger charge is 2.07. The lowest BCUT2D eigenvalue weighted by molar-refractivity contribution is -0.386. The van der Waals surface area contributed by atoms with Crippen LogP contribution in [0, 0.1) is 0 Å². The number of rotatable bonds is 5. The van der Waals surface area contributed by atoms with Crippen LogP contribution in [0.1, 0.15) is 23.6 Å². The Bertz CT molecular complexity index is 927. The van der Waals surface area contributed by atoms with Gasteiger partial charge in [0, 0.05) is 12.5 Å². The van der Waals surface area contributed by atoms with Crippen molar-refractivity contribution in [3.63, 3.8) is 0 Å². The number of esters is 1. The topological polar surface area (TPSA) is 53.9 Å². The minimum atomic E-state index is -0.314. The molecule has 0 aromatic heterocycles. The molecule has 26 heavy (non-hydrogen) atoms. The zero-order chi connectivity index (χ0) is 18.4. The highest BCUT2D eigenvalue weighted by atomic mass is 16.5. The van der Waals surface area contributed by atoms with Gasteiger partial charge in [0.1, 0.15) is 12.3 Å². The Hall–Kier alpha value is -3.17. The van der Waals surface area contributed by atoms with E-state index in [1.54, 1.807) is 12.1 Å². The Kier molecular flexibility index (Phi) is 5.62. The minimum Gasteiger partial charge on any atom is -0.427 e. The lowest BCUT2D eigenvalue weighted by Gasteiger charge is -2.10. The predicted molar refractivity (Wildman–Crippen MR) is 105 cm³/mol. The molecule has 0 bridgehead atoms. The van der Waals surface area contributed by atoms with Gasteiger partial charge in [0.25, 0.3) is 0 Å². The molecular weight excluding hydrogens is 322 g/mol. The van der Waals surface area contributed by atoms with Crippen molar-refractivity contribution in [1.82, 2.24) is 0 Å². The van der Waals surface area contributed by atoms with Crippen LogP contribution < -0.4 is 10.5 Å². The van der Waals surface area contributed by atoms with Crippen LogP contribution in [0.5, 0.6) is 5.75 Å². The number of hydrogen-bond donors (Lipinski definition) is 1. The summed E-state index contributed by atoms with van der Waals surface area (Å²) in [5, 5.41) is 0. The number of benzene rings is 3. The van der Waals surface area contributed by atoms with Crippen LogP contribution in [0.3, 0.4) is 0 Å². The summed E-state index contributed by atoms with van der Waals surface area (Å²) < 4.78 is 5.07. The fourth-order valence-corrected chi connectivity index (χ4v) is 2.89. The van der Waals surface area contributed by atoms with Crippen molar-refractivity contribution in [3.8, 4) is 16.9 Å². The van der Waals surface area contributed by atoms with Gasteiger partial charge >= 0.3 is 5.97 Å². The van der Waals surface area contributed by atoms with Gasteiger partial charge in [0.2, 0.25) is 0 Å². The third kappa shape index (κ3) is 4.26. The van der Waals surface area contributed by atoms with E-state index in [1.165, 1.54) is 23.6 Å². The highest BCUT2D eigenvalue weighted by Crippen LogP contribution is 2.28. The molecule has 3 aromatic carbocycles. The summed E-state index contributed by atoms with van der Waals surface area (Å²) in [7, 11) is 0. The predicted octanol–water partition coefficient (Wildman–Crippen LogP) is 4.19. The van der Waals surface area contributed by atoms with Gasteiger partial charge in [-0.15, -0.1) is 0 Å². The first-order valence-electron chi connectivity index (χ1n) is 8.60. The fourth-order valence-electron chi connectivity index (χ4n) is 2.89. The summed E-state index contributed by atoms with van der Waals surface area (Å²) in [5.74, 6) is 0.241. The SMILES string of the molecule is CC(=O)Oc1ccc(/C=C/c2ccccc2-c2ccccc2C[NH3+])cc1. The maximum absolute atomic E-state index is 11.0. The summed E-state index contributed by atoms with van der Waals surface area (Å²) in [6.45, 7) is 2.15. The molecule has 3 N–H and O–H groups in total. The van der Waals surface area contributed by atoms with Gasteiger partial charge in [-0.2, -0.15) is 0 Å². The van der Waals surface area contributed by atoms with Gasteiger partial charge in [0.05, 0.1) is 0 Å². The third-order valence-electron chi connectivity index (χ3n) is 4.13. The normalized spacial score (nSPS) is 10.8. The van der Waals surface area contributed by atoms with E-state index in [4.69, 9.17) is 4.74 Å². The summed E-state index contributed by atoms with van der Waals surface area (Å²) >= 11 is 0. The Labute approximate surface area is 153 Å². The van der Waals surface area contributed by atoms with E-state index in [1.807, 2.05) is 24.3 Å². The van der Waals surface area contributed by atoms with E-state index >= 15 is 0 Å². The van der Waals surface area contributed by atoms with Crippen molar-refractivity contribution in [2.75, 3.05) is 0 Å². The first kappa shape index (κ1) is 17.6. The maximum Gasteiger partial charge on any atom is 0.308 e. The maximum atomic E-state index is 11.0. The Morgan fingerprint density at radius 3 is 2.23 bits per heavy atom. The average Bonchev–Trinajstić information content (AvgIpc) is 2.67. The number of carbonyl (C=O) groups excluding carboxylic acids is 1. The Balaban J connectivity index is 1.89. The van der Waals surface area contributed by atoms with Gasteiger partial charge in [0.15, 0.2) is 0 Å². The molecule has 0 aliphatic heterocycles. The number of hydrogen-bond acceptors (Lipinski definition) is 2. The first-order valence-corrected chi connectivity index (χ1v) is 8.60. The number of ether oxygens (including phenoxy) is 1. The second-order valence-corrected chi connectivity index (χ2v) is 5.99. The second kappa shape index (κ2) is 8.28. The molecule has 0 unspecified atom stereocenters. The largest absolute Gasteiger partial charge is 0.427 e. The highest BCUT2D eigenvalue weighted by molar-refractivity contribution is 5.82. The lowest BCUT2D eigenvalue weighted by atomic mass is 9.95. The van der Waals surface area contributed by atoms with Crippen LogP contribution in [0.15, 0.2) is 72.8 Å². The summed E-state index contributed by atoms with van der Waals surface area (Å²) in [6, 6.07) is 24.2. The number of carbonyl (C=O) groups is 1. The molecule has 0 atom stereocenters. The van der Waals surface area contributed by atoms with Crippen LogP contribution in [-0.4, -0.2) is 5.97 Å². The zero-order valence-electron chi connectivity index (χ0n) is 14.8. The molecule has 130 valence electrons. The molecule has 3 aromatic rings. The van der Waals surface area contributed by atoms with Crippen molar-refractivity contribution in [3.05, 3.63) is 89.5 Å². The van der Waals surface area contributed by atoms with E-state index in [0.29, 0.717) is 5.75 Å². The van der Waals surface area contributed by atoms with Gasteiger partial charge in [-0.05, 0) is 34.4 Å². The van der Waals surface area contributed by atoms with Gasteiger partial charge in [-0.3, -0.25) is 4.79 Å². The molecule has 0 spiro atoms. The third-order valence-corrected chi connectivity index (χ3v) is 4.13. The van der Waals surface area contributed by atoms with E-state index in [0.717, 1.165) is 17.7 Å². The molecule has 0 saturated carbocycles. The molecule has 0 amide bonds. The molecule has 0 saturated heterocycles. The molecule has 0 radical (unpaired) electrons. The summed E-state index contributed by atoms with van der Waals surface area (Å²) in [6.07, 6.45) is 4.17. The Morgan fingerprint density at radius 1 is 0.885 bits per heavy atom. The Morgan fingerprint density at radius 2 is 1.54 bits per heavy atom. The average molecular weight is 344 g/mol. The summed E-state index contributed by atoms with van der Waals surface area (Å²) in [4.78, 5) is 11.0. The second-order valence-electron chi connectivity index (χ2n) is 5.99. The minimum absolute atomic E-state index is 0.314. The van der Waals surface area contributed by atoms with Crippen LogP contribution in [0.2, 0.25) is 0 Å². The van der Waals surface area contributed by atoms with Crippen LogP contribution in [-0.2, 0) is 11.3 Å². The van der Waals surface area contributed by atoms with Crippen LogP contribution >= 0.6 is 0 Å². The van der Waals surface area contributed by atoms with E-state index in [-0.39, 0.29) is 5.97 Å². The first-order chi connectivity index (χ1) is 12.7. The fraction of sp³-hybridized carbons (Fsp3) is 0.0870. The molecule has 0 aliphatic rings. The van der Waals surface area contributed by atoms with Gasteiger partial charge in [-0.1, -0.05) is 72.8 Å². The molecule has 3 rings (SSSR count).